The lowest BCUT2D eigenvalue weighted by Gasteiger charge is -2.01. The van der Waals surface area contributed by atoms with Crippen molar-refractivity contribution in [1.29, 1.82) is 0 Å². The standard InChI is InChI=1S/C7H12O2/c1-3-6-4-5(2)7(8)9-6/h5-6H,3-4H2,1-2H3/t5-,6+/m1/s1. The summed E-state index contributed by atoms with van der Waals surface area (Å²) in [7, 11) is 0. The van der Waals surface area contributed by atoms with Crippen LogP contribution >= 0.6 is 0 Å². The molecule has 9 heavy (non-hydrogen) atoms. The lowest BCUT2D eigenvalue weighted by atomic mass is 10.1. The van der Waals surface area contributed by atoms with E-state index in [0.29, 0.717) is 0 Å². The normalized spacial score (nSPS) is 34.7. The smallest absolute Gasteiger partial charge is 0.309 e. The molecule has 0 aliphatic carbocycles. The van der Waals surface area contributed by atoms with Crippen LogP contribution in [0.25, 0.3) is 0 Å². The molecule has 1 rings (SSSR count). The van der Waals surface area contributed by atoms with Crippen molar-refractivity contribution in [2.24, 2.45) is 5.92 Å². The van der Waals surface area contributed by atoms with Gasteiger partial charge in [0, 0.05) is 0 Å². The first-order valence-corrected chi connectivity index (χ1v) is 3.44. The minimum atomic E-state index is -0.0261. The van der Waals surface area contributed by atoms with Gasteiger partial charge >= 0.3 is 5.97 Å². The summed E-state index contributed by atoms with van der Waals surface area (Å²) in [6, 6.07) is 0. The summed E-state index contributed by atoms with van der Waals surface area (Å²) < 4.78 is 4.98. The van der Waals surface area contributed by atoms with Gasteiger partial charge in [-0.3, -0.25) is 4.79 Å². The molecule has 0 saturated carbocycles. The maximum Gasteiger partial charge on any atom is 0.309 e. The highest BCUT2D eigenvalue weighted by Crippen LogP contribution is 2.21. The second-order valence-electron chi connectivity index (χ2n) is 2.60. The summed E-state index contributed by atoms with van der Waals surface area (Å²) in [5.74, 6) is 0.108. The van der Waals surface area contributed by atoms with Gasteiger partial charge < -0.3 is 4.74 Å². The average Bonchev–Trinajstić information content (AvgIpc) is 2.13. The molecule has 0 aromatic heterocycles. The van der Waals surface area contributed by atoms with E-state index in [0.717, 1.165) is 12.8 Å². The number of ether oxygens (including phenoxy) is 1. The molecule has 0 bridgehead atoms. The SMILES string of the molecule is CC[C@H]1C[C@@H](C)C(=O)O1. The Hall–Kier alpha value is -0.530. The van der Waals surface area contributed by atoms with Crippen molar-refractivity contribution in [1.82, 2.24) is 0 Å². The Bertz CT molecular complexity index is 120. The zero-order valence-electron chi connectivity index (χ0n) is 5.89. The van der Waals surface area contributed by atoms with E-state index in [1.807, 2.05) is 13.8 Å². The Morgan fingerprint density at radius 3 is 2.67 bits per heavy atom. The van der Waals surface area contributed by atoms with Gasteiger partial charge in [0.1, 0.15) is 6.10 Å². The van der Waals surface area contributed by atoms with E-state index in [9.17, 15) is 4.79 Å². The molecule has 1 aliphatic rings. The van der Waals surface area contributed by atoms with Gasteiger partial charge in [0.2, 0.25) is 0 Å². The van der Waals surface area contributed by atoms with Crippen molar-refractivity contribution < 1.29 is 9.53 Å². The Labute approximate surface area is 55.2 Å². The highest BCUT2D eigenvalue weighted by atomic mass is 16.5. The number of rotatable bonds is 1. The topological polar surface area (TPSA) is 26.3 Å². The Morgan fingerprint density at radius 2 is 2.44 bits per heavy atom. The first-order valence-electron chi connectivity index (χ1n) is 3.44. The zero-order chi connectivity index (χ0) is 6.85. The molecule has 1 fully saturated rings. The first kappa shape index (κ1) is 6.59. The monoisotopic (exact) mass is 128 g/mol. The number of hydrogen-bond donors (Lipinski definition) is 0. The van der Waals surface area contributed by atoms with Gasteiger partial charge in [-0.1, -0.05) is 13.8 Å². The molecular formula is C7H12O2. The number of cyclic esters (lactones) is 1. The molecule has 52 valence electrons. The van der Waals surface area contributed by atoms with E-state index < -0.39 is 0 Å². The van der Waals surface area contributed by atoms with Gasteiger partial charge in [-0.15, -0.1) is 0 Å². The fourth-order valence-electron chi connectivity index (χ4n) is 1.07. The highest BCUT2D eigenvalue weighted by Gasteiger charge is 2.29. The van der Waals surface area contributed by atoms with Crippen LogP contribution in [0.2, 0.25) is 0 Å². The fourth-order valence-corrected chi connectivity index (χ4v) is 1.07. The maximum atomic E-state index is 10.7. The van der Waals surface area contributed by atoms with E-state index >= 15 is 0 Å². The summed E-state index contributed by atoms with van der Waals surface area (Å²) in [5, 5.41) is 0. The quantitative estimate of drug-likeness (QED) is 0.498. The van der Waals surface area contributed by atoms with Crippen molar-refractivity contribution in [2.75, 3.05) is 0 Å². The molecule has 0 radical (unpaired) electrons. The van der Waals surface area contributed by atoms with Gasteiger partial charge in [-0.05, 0) is 12.8 Å². The molecule has 0 N–H and O–H groups in total. The van der Waals surface area contributed by atoms with Crippen LogP contribution in [0.4, 0.5) is 0 Å². The number of carbonyl (C=O) groups is 1. The van der Waals surface area contributed by atoms with Gasteiger partial charge in [-0.2, -0.15) is 0 Å². The van der Waals surface area contributed by atoms with Crippen LogP contribution in [-0.2, 0) is 9.53 Å². The summed E-state index contributed by atoms with van der Waals surface area (Å²) >= 11 is 0. The van der Waals surface area contributed by atoms with Crippen molar-refractivity contribution in [3.8, 4) is 0 Å². The minimum Gasteiger partial charge on any atom is -0.462 e. The second kappa shape index (κ2) is 2.38. The highest BCUT2D eigenvalue weighted by molar-refractivity contribution is 5.74. The van der Waals surface area contributed by atoms with E-state index in [2.05, 4.69) is 0 Å². The number of hydrogen-bond acceptors (Lipinski definition) is 2. The molecular weight excluding hydrogens is 116 g/mol. The molecule has 0 spiro atoms. The van der Waals surface area contributed by atoms with Gasteiger partial charge in [-0.25, -0.2) is 0 Å². The van der Waals surface area contributed by atoms with Crippen LogP contribution in [0.1, 0.15) is 26.7 Å². The van der Waals surface area contributed by atoms with Crippen molar-refractivity contribution in [3.05, 3.63) is 0 Å². The van der Waals surface area contributed by atoms with Crippen LogP contribution in [0.3, 0.4) is 0 Å². The van der Waals surface area contributed by atoms with Crippen LogP contribution in [-0.4, -0.2) is 12.1 Å². The van der Waals surface area contributed by atoms with Gasteiger partial charge in [0.25, 0.3) is 0 Å². The summed E-state index contributed by atoms with van der Waals surface area (Å²) in [5.41, 5.74) is 0. The van der Waals surface area contributed by atoms with Crippen LogP contribution in [0.15, 0.2) is 0 Å². The van der Waals surface area contributed by atoms with E-state index in [-0.39, 0.29) is 18.0 Å². The number of esters is 1. The zero-order valence-corrected chi connectivity index (χ0v) is 5.89. The Morgan fingerprint density at radius 1 is 1.78 bits per heavy atom. The van der Waals surface area contributed by atoms with Gasteiger partial charge in [0.05, 0.1) is 5.92 Å². The Balaban J connectivity index is 2.44. The van der Waals surface area contributed by atoms with E-state index in [4.69, 9.17) is 4.74 Å². The van der Waals surface area contributed by atoms with Crippen molar-refractivity contribution in [3.63, 3.8) is 0 Å². The predicted octanol–water partition coefficient (Wildman–Crippen LogP) is 1.35. The first-order chi connectivity index (χ1) is 4.24. The van der Waals surface area contributed by atoms with Gasteiger partial charge in [0.15, 0.2) is 0 Å². The molecule has 1 saturated heterocycles. The molecule has 1 heterocycles. The summed E-state index contributed by atoms with van der Waals surface area (Å²) in [4.78, 5) is 10.7. The van der Waals surface area contributed by atoms with Crippen molar-refractivity contribution in [2.45, 2.75) is 32.8 Å². The molecule has 0 unspecified atom stereocenters. The molecule has 2 nitrogen and oxygen atoms in total. The molecule has 0 aromatic carbocycles. The lowest BCUT2D eigenvalue weighted by Crippen LogP contribution is -2.04. The molecule has 2 atom stereocenters. The minimum absolute atomic E-state index is 0.0261. The molecule has 1 aliphatic heterocycles. The molecule has 0 aromatic rings. The average molecular weight is 128 g/mol. The second-order valence-corrected chi connectivity index (χ2v) is 2.60. The summed E-state index contributed by atoms with van der Waals surface area (Å²) in [6.07, 6.45) is 2.07. The lowest BCUT2D eigenvalue weighted by molar-refractivity contribution is -0.143. The van der Waals surface area contributed by atoms with E-state index in [1.54, 1.807) is 0 Å². The van der Waals surface area contributed by atoms with Crippen LogP contribution in [0.5, 0.6) is 0 Å². The van der Waals surface area contributed by atoms with Crippen molar-refractivity contribution >= 4 is 5.97 Å². The molecule has 2 heteroatoms. The third kappa shape index (κ3) is 1.23. The molecule has 0 amide bonds. The third-order valence-corrected chi connectivity index (χ3v) is 1.76. The fraction of sp³-hybridized carbons (Fsp3) is 0.857. The van der Waals surface area contributed by atoms with Crippen LogP contribution < -0.4 is 0 Å². The third-order valence-electron chi connectivity index (χ3n) is 1.76. The summed E-state index contributed by atoms with van der Waals surface area (Å²) in [6.45, 7) is 3.95. The Kier molecular flexibility index (Phi) is 1.74. The maximum absolute atomic E-state index is 10.7. The van der Waals surface area contributed by atoms with E-state index in [1.165, 1.54) is 0 Å². The largest absolute Gasteiger partial charge is 0.462 e. The number of carbonyl (C=O) groups excluding carboxylic acids is 1. The predicted molar refractivity (Wildman–Crippen MR) is 34.0 cm³/mol. The van der Waals surface area contributed by atoms with Crippen LogP contribution in [0, 0.1) is 5.92 Å².